The van der Waals surface area contributed by atoms with Crippen LogP contribution in [-0.4, -0.2) is 71.0 Å². The van der Waals surface area contributed by atoms with E-state index in [1.807, 2.05) is 27.7 Å². The highest BCUT2D eigenvalue weighted by molar-refractivity contribution is 5.87. The van der Waals surface area contributed by atoms with Gasteiger partial charge in [0.2, 0.25) is 23.6 Å². The van der Waals surface area contributed by atoms with Gasteiger partial charge in [-0.25, -0.2) is 0 Å². The van der Waals surface area contributed by atoms with Gasteiger partial charge in [-0.2, -0.15) is 20.5 Å². The van der Waals surface area contributed by atoms with E-state index in [-0.39, 0.29) is 35.7 Å². The zero-order chi connectivity index (χ0) is 31.9. The van der Waals surface area contributed by atoms with E-state index >= 15 is 0 Å². The lowest BCUT2D eigenvalue weighted by Gasteiger charge is -2.23. The summed E-state index contributed by atoms with van der Waals surface area (Å²) in [6, 6.07) is 0.0726. The summed E-state index contributed by atoms with van der Waals surface area (Å²) in [6.45, 7) is 28.5. The van der Waals surface area contributed by atoms with E-state index in [1.165, 1.54) is 0 Å². The molecule has 12 heteroatoms. The van der Waals surface area contributed by atoms with Gasteiger partial charge in [0, 0.05) is 25.2 Å². The predicted molar refractivity (Wildman–Crippen MR) is 159 cm³/mol. The Morgan fingerprint density at radius 3 is 0.975 bits per heavy atom. The second kappa shape index (κ2) is 16.6. The molecule has 0 atom stereocenters. The van der Waals surface area contributed by atoms with Gasteiger partial charge in [-0.15, -0.1) is 13.2 Å². The lowest BCUT2D eigenvalue weighted by atomic mass is 10.0. The molecule has 0 aromatic carbocycles. The molecule has 12 nitrogen and oxygen atoms in total. The third-order valence-corrected chi connectivity index (χ3v) is 4.98. The summed E-state index contributed by atoms with van der Waals surface area (Å²) in [5, 5.41) is 27.0. The maximum Gasteiger partial charge on any atom is 0.249 e. The lowest BCUT2D eigenvalue weighted by molar-refractivity contribution is -0.127. The number of carbonyl (C=O) groups excluding carboxylic acids is 4. The number of carbonyl (C=O) groups is 4. The van der Waals surface area contributed by atoms with Crippen LogP contribution in [0.4, 0.5) is 0 Å². The van der Waals surface area contributed by atoms with Crippen LogP contribution in [0.15, 0.2) is 45.8 Å². The summed E-state index contributed by atoms with van der Waals surface area (Å²) < 4.78 is 0. The van der Waals surface area contributed by atoms with E-state index in [1.54, 1.807) is 67.5 Å². The normalized spacial score (nSPS) is 12.6. The molecule has 0 aromatic heterocycles. The number of amides is 4. The van der Waals surface area contributed by atoms with E-state index in [9.17, 15) is 19.2 Å². The van der Waals surface area contributed by atoms with Crippen molar-refractivity contribution in [1.29, 1.82) is 0 Å². The highest BCUT2D eigenvalue weighted by Crippen LogP contribution is 2.18. The molecule has 0 aliphatic rings. The van der Waals surface area contributed by atoms with Crippen molar-refractivity contribution >= 4 is 23.6 Å². The molecule has 0 radical (unpaired) electrons. The molecule has 0 fully saturated rings. The van der Waals surface area contributed by atoms with Gasteiger partial charge in [0.1, 0.15) is 0 Å². The zero-order valence-corrected chi connectivity index (χ0v) is 26.6. The van der Waals surface area contributed by atoms with Crippen LogP contribution in [0.5, 0.6) is 0 Å². The summed E-state index contributed by atoms with van der Waals surface area (Å²) in [6.07, 6.45) is 3.16. The fourth-order valence-electron chi connectivity index (χ4n) is 2.32. The Balaban J connectivity index is 0. The van der Waals surface area contributed by atoms with Gasteiger partial charge in [-0.3, -0.25) is 19.2 Å². The fraction of sp³-hybridized carbons (Fsp3) is 0.714. The van der Waals surface area contributed by atoms with Crippen molar-refractivity contribution in [3.05, 3.63) is 25.3 Å². The molecule has 0 bridgehead atoms. The molecule has 0 saturated carbocycles. The standard InChI is InChI=1S/C14H28N4O2.C14H24N4O2/c1-9(2)15-11(19)13(5,6)17-18-14(7,8)12(20)16-10(3)4;1-7-9-15-11(19)13(3,4)17-18-14(5,6)12(20)16-10-8-2/h9-10H,1-8H3,(H,15,19)(H,16,20);7-8H,1-2,9-10H2,3-6H3,(H,15,19)(H,16,20). The smallest absolute Gasteiger partial charge is 0.249 e. The third-order valence-electron chi connectivity index (χ3n) is 4.98. The Hall–Kier alpha value is -3.44. The van der Waals surface area contributed by atoms with Crippen molar-refractivity contribution in [2.24, 2.45) is 20.5 Å². The minimum atomic E-state index is -1.04. The second-order valence-corrected chi connectivity index (χ2v) is 11.9. The largest absolute Gasteiger partial charge is 0.352 e. The average molecular weight is 565 g/mol. The van der Waals surface area contributed by atoms with Gasteiger partial charge >= 0.3 is 0 Å². The first-order valence-corrected chi connectivity index (χ1v) is 13.3. The predicted octanol–water partition coefficient (Wildman–Crippen LogP) is 3.65. The van der Waals surface area contributed by atoms with Gasteiger partial charge in [0.05, 0.1) is 0 Å². The zero-order valence-electron chi connectivity index (χ0n) is 26.6. The number of nitrogens with zero attached hydrogens (tertiary/aromatic N) is 4. The van der Waals surface area contributed by atoms with Gasteiger partial charge in [0.25, 0.3) is 0 Å². The van der Waals surface area contributed by atoms with Crippen LogP contribution in [0.25, 0.3) is 0 Å². The van der Waals surface area contributed by atoms with Crippen LogP contribution in [0, 0.1) is 0 Å². The summed E-state index contributed by atoms with van der Waals surface area (Å²) in [5.74, 6) is -0.973. The summed E-state index contributed by atoms with van der Waals surface area (Å²) >= 11 is 0. The van der Waals surface area contributed by atoms with Gasteiger partial charge in [-0.1, -0.05) is 12.2 Å². The third kappa shape index (κ3) is 15.2. The molecular weight excluding hydrogens is 512 g/mol. The highest BCUT2D eigenvalue weighted by Gasteiger charge is 2.33. The first-order valence-electron chi connectivity index (χ1n) is 13.3. The average Bonchev–Trinajstić information content (AvgIpc) is 2.83. The van der Waals surface area contributed by atoms with Crippen LogP contribution < -0.4 is 21.3 Å². The molecule has 0 aliphatic carbocycles. The number of azo groups is 2. The van der Waals surface area contributed by atoms with Crippen molar-refractivity contribution in [3.8, 4) is 0 Å². The Kier molecular flexibility index (Phi) is 16.1. The van der Waals surface area contributed by atoms with Crippen molar-refractivity contribution in [3.63, 3.8) is 0 Å². The summed E-state index contributed by atoms with van der Waals surface area (Å²) in [7, 11) is 0. The van der Waals surface area contributed by atoms with Crippen molar-refractivity contribution in [2.75, 3.05) is 13.1 Å². The Morgan fingerprint density at radius 2 is 0.775 bits per heavy atom. The van der Waals surface area contributed by atoms with E-state index in [2.05, 4.69) is 54.9 Å². The second-order valence-electron chi connectivity index (χ2n) is 11.9. The minimum Gasteiger partial charge on any atom is -0.352 e. The van der Waals surface area contributed by atoms with E-state index in [4.69, 9.17) is 0 Å². The first kappa shape index (κ1) is 38.7. The number of rotatable bonds is 14. The molecule has 0 heterocycles. The van der Waals surface area contributed by atoms with Gasteiger partial charge < -0.3 is 21.3 Å². The maximum atomic E-state index is 12.0. The number of hydrogen-bond acceptors (Lipinski definition) is 8. The van der Waals surface area contributed by atoms with Crippen molar-refractivity contribution < 1.29 is 19.2 Å². The minimum absolute atomic E-state index is 0.0363. The fourth-order valence-corrected chi connectivity index (χ4v) is 2.32. The van der Waals surface area contributed by atoms with Crippen molar-refractivity contribution in [2.45, 2.75) is 117 Å². The highest BCUT2D eigenvalue weighted by atomic mass is 16.2. The molecule has 0 spiro atoms. The van der Waals surface area contributed by atoms with Crippen LogP contribution >= 0.6 is 0 Å². The van der Waals surface area contributed by atoms with Crippen LogP contribution in [0.3, 0.4) is 0 Å². The SMILES string of the molecule is C=CCNC(=O)C(C)(C)N=NC(C)(C)C(=O)NCC=C.CC(C)NC(=O)C(C)(C)N=NC(C)(C)C(=O)NC(C)C. The molecule has 0 saturated heterocycles. The Morgan fingerprint density at radius 1 is 0.550 bits per heavy atom. The van der Waals surface area contributed by atoms with Crippen molar-refractivity contribution in [1.82, 2.24) is 21.3 Å². The lowest BCUT2D eigenvalue weighted by Crippen LogP contribution is -2.46. The molecule has 0 unspecified atom stereocenters. The first-order chi connectivity index (χ1) is 18.1. The summed E-state index contributed by atoms with van der Waals surface area (Å²) in [5.41, 5.74) is -4.09. The topological polar surface area (TPSA) is 166 Å². The van der Waals surface area contributed by atoms with E-state index < -0.39 is 22.2 Å². The monoisotopic (exact) mass is 564 g/mol. The van der Waals surface area contributed by atoms with Gasteiger partial charge in [0.15, 0.2) is 22.2 Å². The van der Waals surface area contributed by atoms with Crippen LogP contribution in [0.1, 0.15) is 83.1 Å². The number of hydrogen-bond donors (Lipinski definition) is 4. The number of nitrogens with one attached hydrogen (secondary N) is 4. The van der Waals surface area contributed by atoms with Crippen LogP contribution in [-0.2, 0) is 19.2 Å². The Labute approximate surface area is 240 Å². The quantitative estimate of drug-likeness (QED) is 0.187. The van der Waals surface area contributed by atoms with E-state index in [0.29, 0.717) is 13.1 Å². The molecule has 0 aliphatic heterocycles. The van der Waals surface area contributed by atoms with E-state index in [0.717, 1.165) is 0 Å². The molecule has 4 N–H and O–H groups in total. The summed E-state index contributed by atoms with van der Waals surface area (Å²) in [4.78, 5) is 47.7. The molecular formula is C28H52N8O4. The van der Waals surface area contributed by atoms with Gasteiger partial charge in [-0.05, 0) is 83.1 Å². The molecule has 0 rings (SSSR count). The molecule has 228 valence electrons. The molecule has 4 amide bonds. The Bertz CT molecular complexity index is 874. The van der Waals surface area contributed by atoms with Crippen LogP contribution in [0.2, 0.25) is 0 Å². The molecule has 0 aromatic rings. The maximum absolute atomic E-state index is 12.0. The molecule has 40 heavy (non-hydrogen) atoms.